The quantitative estimate of drug-likeness (QED) is 0.513. The summed E-state index contributed by atoms with van der Waals surface area (Å²) >= 11 is 1.50. The van der Waals surface area contributed by atoms with Gasteiger partial charge in [0.15, 0.2) is 0 Å². The van der Waals surface area contributed by atoms with Crippen LogP contribution in [0.2, 0.25) is 0 Å². The molecule has 0 spiro atoms. The second kappa shape index (κ2) is 6.57. The fourth-order valence-corrected chi connectivity index (χ4v) is 1.95. The van der Waals surface area contributed by atoms with Crippen LogP contribution < -0.4 is 16.7 Å². The lowest BCUT2D eigenvalue weighted by Gasteiger charge is -1.98. The average molecular weight is 293 g/mol. The summed E-state index contributed by atoms with van der Waals surface area (Å²) in [4.78, 5) is 36.5. The van der Waals surface area contributed by atoms with Gasteiger partial charge >= 0.3 is 5.69 Å². The van der Waals surface area contributed by atoms with Crippen LogP contribution in [-0.4, -0.2) is 27.3 Å². The molecule has 9 heteroatoms. The second-order valence-electron chi connectivity index (χ2n) is 3.76. The molecule has 2 rings (SSSR count). The Bertz CT molecular complexity index is 716. The maximum Gasteiger partial charge on any atom is 0.342 e. The minimum Gasteiger partial charge on any atom is -0.273 e. The van der Waals surface area contributed by atoms with Gasteiger partial charge in [0.25, 0.3) is 5.56 Å². The molecule has 0 radical (unpaired) electrons. The van der Waals surface area contributed by atoms with E-state index in [1.54, 1.807) is 0 Å². The number of aromatic amines is 2. The van der Waals surface area contributed by atoms with Crippen LogP contribution in [0.1, 0.15) is 17.0 Å². The molecule has 0 atom stereocenters. The molecule has 0 fully saturated rings. The second-order valence-corrected chi connectivity index (χ2v) is 4.74. The van der Waals surface area contributed by atoms with E-state index < -0.39 is 11.2 Å². The van der Waals surface area contributed by atoms with Gasteiger partial charge in [-0.3, -0.25) is 14.6 Å². The third-order valence-electron chi connectivity index (χ3n) is 2.29. The van der Waals surface area contributed by atoms with Gasteiger partial charge < -0.3 is 0 Å². The average Bonchev–Trinajstić information content (AvgIpc) is 2.91. The summed E-state index contributed by atoms with van der Waals surface area (Å²) in [5.41, 5.74) is 1.18. The summed E-state index contributed by atoms with van der Waals surface area (Å²) in [5.74, 6) is -0.342. The first-order valence-corrected chi connectivity index (χ1v) is 6.56. The highest BCUT2D eigenvalue weighted by Crippen LogP contribution is 2.04. The fourth-order valence-electron chi connectivity index (χ4n) is 1.36. The van der Waals surface area contributed by atoms with Crippen molar-refractivity contribution in [1.82, 2.24) is 20.6 Å². The highest BCUT2D eigenvalue weighted by atomic mass is 32.1. The van der Waals surface area contributed by atoms with Crippen LogP contribution in [0, 0.1) is 0 Å². The number of hydrogen-bond donors (Lipinski definition) is 3. The zero-order valence-electron chi connectivity index (χ0n) is 10.3. The van der Waals surface area contributed by atoms with Gasteiger partial charge in [0.05, 0.1) is 6.21 Å². The minimum absolute atomic E-state index is 0.0455. The first-order valence-electron chi connectivity index (χ1n) is 5.68. The summed E-state index contributed by atoms with van der Waals surface area (Å²) in [7, 11) is 0. The Labute approximate surface area is 116 Å². The summed E-state index contributed by atoms with van der Waals surface area (Å²) in [6, 6.07) is 3.74. The van der Waals surface area contributed by atoms with Gasteiger partial charge in [-0.15, -0.1) is 11.3 Å². The SMILES string of the molecule is O=C(CCc1n[nH]c(=O)[nH]c1=O)N/N=C/c1cccs1. The lowest BCUT2D eigenvalue weighted by molar-refractivity contribution is -0.121. The monoisotopic (exact) mass is 293 g/mol. The minimum atomic E-state index is -0.677. The van der Waals surface area contributed by atoms with E-state index in [0.717, 1.165) is 4.88 Å². The van der Waals surface area contributed by atoms with Crippen molar-refractivity contribution < 1.29 is 4.79 Å². The van der Waals surface area contributed by atoms with E-state index in [1.165, 1.54) is 17.6 Å². The molecule has 2 aromatic heterocycles. The van der Waals surface area contributed by atoms with Crippen LogP contribution in [0.5, 0.6) is 0 Å². The molecular weight excluding hydrogens is 282 g/mol. The Kier molecular flexibility index (Phi) is 4.56. The number of thiophene rings is 1. The van der Waals surface area contributed by atoms with Crippen molar-refractivity contribution in [1.29, 1.82) is 0 Å². The van der Waals surface area contributed by atoms with Crippen molar-refractivity contribution in [3.8, 4) is 0 Å². The molecule has 0 aliphatic carbocycles. The van der Waals surface area contributed by atoms with Crippen molar-refractivity contribution in [2.24, 2.45) is 5.10 Å². The van der Waals surface area contributed by atoms with E-state index in [0.29, 0.717) is 0 Å². The van der Waals surface area contributed by atoms with Crippen molar-refractivity contribution >= 4 is 23.5 Å². The van der Waals surface area contributed by atoms with Gasteiger partial charge in [-0.1, -0.05) is 6.07 Å². The number of carbonyl (C=O) groups excluding carboxylic acids is 1. The number of amides is 1. The Balaban J connectivity index is 1.83. The zero-order valence-corrected chi connectivity index (χ0v) is 11.1. The van der Waals surface area contributed by atoms with Crippen LogP contribution in [0.25, 0.3) is 0 Å². The molecule has 8 nitrogen and oxygen atoms in total. The highest BCUT2D eigenvalue weighted by molar-refractivity contribution is 7.11. The van der Waals surface area contributed by atoms with Crippen LogP contribution in [-0.2, 0) is 11.2 Å². The van der Waals surface area contributed by atoms with E-state index in [1.807, 2.05) is 22.5 Å². The third kappa shape index (κ3) is 3.99. The van der Waals surface area contributed by atoms with Gasteiger partial charge in [-0.25, -0.2) is 15.3 Å². The number of nitrogens with one attached hydrogen (secondary N) is 3. The number of carbonyl (C=O) groups is 1. The number of hydrazone groups is 1. The molecule has 0 saturated heterocycles. The van der Waals surface area contributed by atoms with Crippen molar-refractivity contribution in [3.05, 3.63) is 48.9 Å². The van der Waals surface area contributed by atoms with Gasteiger partial charge in [-0.2, -0.15) is 10.2 Å². The molecule has 0 bridgehead atoms. The maximum atomic E-state index is 11.5. The lowest BCUT2D eigenvalue weighted by Crippen LogP contribution is -2.28. The molecular formula is C11H11N5O3S. The van der Waals surface area contributed by atoms with Gasteiger partial charge in [0.2, 0.25) is 5.91 Å². The molecule has 2 heterocycles. The number of rotatable bonds is 5. The van der Waals surface area contributed by atoms with Gasteiger partial charge in [0, 0.05) is 17.7 Å². The number of aromatic nitrogens is 3. The van der Waals surface area contributed by atoms with Crippen molar-refractivity contribution in [2.45, 2.75) is 12.8 Å². The van der Waals surface area contributed by atoms with Gasteiger partial charge in [0.1, 0.15) is 5.69 Å². The van der Waals surface area contributed by atoms with E-state index >= 15 is 0 Å². The first-order chi connectivity index (χ1) is 9.65. The molecule has 2 aromatic rings. The Morgan fingerprint density at radius 1 is 1.50 bits per heavy atom. The molecule has 3 N–H and O–H groups in total. The maximum absolute atomic E-state index is 11.5. The van der Waals surface area contributed by atoms with E-state index in [9.17, 15) is 14.4 Å². The fraction of sp³-hybridized carbons (Fsp3) is 0.182. The summed E-state index contributed by atoms with van der Waals surface area (Å²) in [5, 5.41) is 11.4. The summed E-state index contributed by atoms with van der Waals surface area (Å²) in [6.07, 6.45) is 1.70. The van der Waals surface area contributed by atoms with E-state index in [4.69, 9.17) is 0 Å². The predicted molar refractivity (Wildman–Crippen MR) is 73.9 cm³/mol. The Hall–Kier alpha value is -2.55. The Morgan fingerprint density at radius 3 is 3.05 bits per heavy atom. The molecule has 104 valence electrons. The lowest BCUT2D eigenvalue weighted by atomic mass is 10.2. The normalized spacial score (nSPS) is 10.8. The smallest absolute Gasteiger partial charge is 0.273 e. The van der Waals surface area contributed by atoms with Crippen LogP contribution in [0.15, 0.2) is 32.2 Å². The van der Waals surface area contributed by atoms with Gasteiger partial charge in [-0.05, 0) is 11.4 Å². The molecule has 0 unspecified atom stereocenters. The molecule has 20 heavy (non-hydrogen) atoms. The zero-order chi connectivity index (χ0) is 14.4. The first kappa shape index (κ1) is 13.9. The molecule has 0 saturated carbocycles. The Morgan fingerprint density at radius 2 is 2.35 bits per heavy atom. The topological polar surface area (TPSA) is 120 Å². The number of H-pyrrole nitrogens is 2. The van der Waals surface area contributed by atoms with E-state index in [-0.39, 0.29) is 24.4 Å². The summed E-state index contributed by atoms with van der Waals surface area (Å²) in [6.45, 7) is 0. The van der Waals surface area contributed by atoms with Crippen molar-refractivity contribution in [3.63, 3.8) is 0 Å². The van der Waals surface area contributed by atoms with Crippen LogP contribution >= 0.6 is 11.3 Å². The van der Waals surface area contributed by atoms with Crippen molar-refractivity contribution in [2.75, 3.05) is 0 Å². The summed E-state index contributed by atoms with van der Waals surface area (Å²) < 4.78 is 0. The molecule has 0 aromatic carbocycles. The number of aryl methyl sites for hydroxylation is 1. The standard InChI is InChI=1S/C11H11N5O3S/c17-9(15-12-6-7-2-1-5-20-7)4-3-8-10(18)13-11(19)16-14-8/h1-2,5-6H,3-4H2,(H,15,17)(H2,13,16,18,19)/b12-6+. The highest BCUT2D eigenvalue weighted by Gasteiger charge is 2.06. The molecule has 1 amide bonds. The molecule has 0 aliphatic rings. The number of nitrogens with zero attached hydrogens (tertiary/aromatic N) is 2. The molecule has 0 aliphatic heterocycles. The van der Waals surface area contributed by atoms with Crippen LogP contribution in [0.3, 0.4) is 0 Å². The van der Waals surface area contributed by atoms with E-state index in [2.05, 4.69) is 20.7 Å². The number of hydrogen-bond acceptors (Lipinski definition) is 6. The predicted octanol–water partition coefficient (Wildman–Crippen LogP) is -0.397. The largest absolute Gasteiger partial charge is 0.342 e. The van der Waals surface area contributed by atoms with Crippen LogP contribution in [0.4, 0.5) is 0 Å². The third-order valence-corrected chi connectivity index (χ3v) is 3.10.